The van der Waals surface area contributed by atoms with Crippen molar-refractivity contribution in [3.63, 3.8) is 0 Å². The van der Waals surface area contributed by atoms with Gasteiger partial charge in [-0.25, -0.2) is 0 Å². The molecule has 0 aliphatic rings. The van der Waals surface area contributed by atoms with Gasteiger partial charge in [-0.2, -0.15) is 0 Å². The molecule has 0 aliphatic carbocycles. The Labute approximate surface area is 80.8 Å². The van der Waals surface area contributed by atoms with Gasteiger partial charge in [0.1, 0.15) is 4.88 Å². The van der Waals surface area contributed by atoms with Crippen molar-refractivity contribution in [2.75, 3.05) is 14.1 Å². The molecular weight excluding hydrogens is 194 g/mol. The summed E-state index contributed by atoms with van der Waals surface area (Å²) in [6, 6.07) is 0. The Balaban J connectivity index is 3.04. The molecule has 0 aromatic carbocycles. The summed E-state index contributed by atoms with van der Waals surface area (Å²) in [6.45, 7) is 1.89. The second-order valence-electron chi connectivity index (χ2n) is 2.76. The van der Waals surface area contributed by atoms with Gasteiger partial charge in [-0.05, 0) is 17.9 Å². The second kappa shape index (κ2) is 3.46. The monoisotopic (exact) mass is 203 g/mol. The van der Waals surface area contributed by atoms with E-state index >= 15 is 0 Å². The second-order valence-corrected chi connectivity index (χ2v) is 4.02. The maximum Gasteiger partial charge on any atom is 0.264 e. The van der Waals surface area contributed by atoms with Crippen molar-refractivity contribution in [3.05, 3.63) is 20.8 Å². The third-order valence-corrected chi connectivity index (χ3v) is 3.18. The summed E-state index contributed by atoms with van der Waals surface area (Å²) in [6.07, 6.45) is 0. The van der Waals surface area contributed by atoms with Crippen LogP contribution in [0.2, 0.25) is 5.02 Å². The van der Waals surface area contributed by atoms with Gasteiger partial charge in [-0.1, -0.05) is 11.6 Å². The predicted octanol–water partition coefficient (Wildman–Crippen LogP) is 2.41. The van der Waals surface area contributed by atoms with Crippen LogP contribution in [-0.4, -0.2) is 24.9 Å². The van der Waals surface area contributed by atoms with E-state index in [1.54, 1.807) is 14.1 Å². The van der Waals surface area contributed by atoms with Gasteiger partial charge in [0, 0.05) is 14.1 Å². The van der Waals surface area contributed by atoms with Crippen LogP contribution in [-0.2, 0) is 0 Å². The fourth-order valence-corrected chi connectivity index (χ4v) is 2.07. The van der Waals surface area contributed by atoms with Crippen molar-refractivity contribution >= 4 is 28.8 Å². The number of thiophene rings is 1. The van der Waals surface area contributed by atoms with E-state index in [0.29, 0.717) is 9.90 Å². The number of carbonyl (C=O) groups is 1. The van der Waals surface area contributed by atoms with Crippen LogP contribution in [0.25, 0.3) is 0 Å². The molecule has 1 amide bonds. The lowest BCUT2D eigenvalue weighted by Gasteiger charge is -2.08. The Morgan fingerprint density at radius 1 is 1.58 bits per heavy atom. The molecular formula is C8H10ClNOS. The van der Waals surface area contributed by atoms with Crippen LogP contribution in [0.4, 0.5) is 0 Å². The molecule has 2 nitrogen and oxygen atoms in total. The molecule has 0 unspecified atom stereocenters. The number of amides is 1. The van der Waals surface area contributed by atoms with Crippen molar-refractivity contribution in [2.45, 2.75) is 6.92 Å². The van der Waals surface area contributed by atoms with Crippen molar-refractivity contribution in [1.29, 1.82) is 0 Å². The van der Waals surface area contributed by atoms with Crippen LogP contribution in [0.3, 0.4) is 0 Å². The van der Waals surface area contributed by atoms with Gasteiger partial charge in [0.2, 0.25) is 0 Å². The fraction of sp³-hybridized carbons (Fsp3) is 0.375. The van der Waals surface area contributed by atoms with E-state index in [0.717, 1.165) is 5.56 Å². The van der Waals surface area contributed by atoms with Gasteiger partial charge in [-0.15, -0.1) is 11.3 Å². The van der Waals surface area contributed by atoms with Crippen LogP contribution in [0.5, 0.6) is 0 Å². The van der Waals surface area contributed by atoms with Crippen LogP contribution in [0.1, 0.15) is 15.2 Å². The van der Waals surface area contributed by atoms with Crippen LogP contribution < -0.4 is 0 Å². The topological polar surface area (TPSA) is 20.3 Å². The minimum atomic E-state index is -0.0295. The third-order valence-electron chi connectivity index (χ3n) is 1.50. The zero-order valence-electron chi connectivity index (χ0n) is 7.22. The highest BCUT2D eigenvalue weighted by Crippen LogP contribution is 2.27. The largest absolute Gasteiger partial charge is 0.344 e. The quantitative estimate of drug-likeness (QED) is 0.687. The van der Waals surface area contributed by atoms with Gasteiger partial charge in [0.15, 0.2) is 0 Å². The van der Waals surface area contributed by atoms with Gasteiger partial charge >= 0.3 is 0 Å². The first kappa shape index (κ1) is 9.55. The highest BCUT2D eigenvalue weighted by Gasteiger charge is 2.15. The lowest BCUT2D eigenvalue weighted by atomic mass is 10.3. The molecule has 0 radical (unpaired) electrons. The Morgan fingerprint density at radius 3 is 2.50 bits per heavy atom. The highest BCUT2D eigenvalue weighted by atomic mass is 35.5. The van der Waals surface area contributed by atoms with Gasteiger partial charge in [0.05, 0.1) is 5.02 Å². The number of halogens is 1. The molecule has 0 saturated carbocycles. The van der Waals surface area contributed by atoms with E-state index in [-0.39, 0.29) is 5.91 Å². The third kappa shape index (κ3) is 1.62. The SMILES string of the molecule is Cc1csc(C(=O)N(C)C)c1Cl. The molecule has 4 heteroatoms. The number of aryl methyl sites for hydroxylation is 1. The minimum absolute atomic E-state index is 0.0295. The Morgan fingerprint density at radius 2 is 2.17 bits per heavy atom. The van der Waals surface area contributed by atoms with E-state index in [4.69, 9.17) is 11.6 Å². The van der Waals surface area contributed by atoms with Gasteiger partial charge < -0.3 is 4.90 Å². The first-order valence-corrected chi connectivity index (χ1v) is 4.75. The average molecular weight is 204 g/mol. The Kier molecular flexibility index (Phi) is 2.75. The molecule has 0 bridgehead atoms. The average Bonchev–Trinajstić information content (AvgIpc) is 2.32. The molecule has 12 heavy (non-hydrogen) atoms. The van der Waals surface area contributed by atoms with Crippen LogP contribution in [0.15, 0.2) is 5.38 Å². The highest BCUT2D eigenvalue weighted by molar-refractivity contribution is 7.13. The van der Waals surface area contributed by atoms with E-state index in [1.165, 1.54) is 16.2 Å². The zero-order chi connectivity index (χ0) is 9.30. The van der Waals surface area contributed by atoms with E-state index in [2.05, 4.69) is 0 Å². The molecule has 1 rings (SSSR count). The summed E-state index contributed by atoms with van der Waals surface area (Å²) in [5.41, 5.74) is 0.965. The predicted molar refractivity (Wildman–Crippen MR) is 52.1 cm³/mol. The van der Waals surface area contributed by atoms with Gasteiger partial charge in [-0.3, -0.25) is 4.79 Å². The maximum absolute atomic E-state index is 11.4. The first-order chi connectivity index (χ1) is 5.54. The zero-order valence-corrected chi connectivity index (χ0v) is 8.79. The number of carbonyl (C=O) groups excluding carboxylic acids is 1. The number of hydrogen-bond acceptors (Lipinski definition) is 2. The van der Waals surface area contributed by atoms with Crippen molar-refractivity contribution in [3.8, 4) is 0 Å². The van der Waals surface area contributed by atoms with Crippen molar-refractivity contribution < 1.29 is 4.79 Å². The smallest absolute Gasteiger partial charge is 0.264 e. The lowest BCUT2D eigenvalue weighted by molar-refractivity contribution is 0.0832. The summed E-state index contributed by atoms with van der Waals surface area (Å²) in [4.78, 5) is 13.6. The molecule has 0 atom stereocenters. The minimum Gasteiger partial charge on any atom is -0.344 e. The fourth-order valence-electron chi connectivity index (χ4n) is 0.777. The van der Waals surface area contributed by atoms with Crippen LogP contribution >= 0.6 is 22.9 Å². The normalized spacial score (nSPS) is 10.0. The number of hydrogen-bond donors (Lipinski definition) is 0. The molecule has 1 heterocycles. The molecule has 0 N–H and O–H groups in total. The summed E-state index contributed by atoms with van der Waals surface area (Å²) in [5, 5.41) is 2.47. The van der Waals surface area contributed by atoms with Gasteiger partial charge in [0.25, 0.3) is 5.91 Å². The summed E-state index contributed by atoms with van der Waals surface area (Å²) in [5.74, 6) is -0.0295. The van der Waals surface area contributed by atoms with Crippen LogP contribution in [0, 0.1) is 6.92 Å². The lowest BCUT2D eigenvalue weighted by Crippen LogP contribution is -2.20. The molecule has 0 fully saturated rings. The molecule has 0 spiro atoms. The van der Waals surface area contributed by atoms with Crippen molar-refractivity contribution in [1.82, 2.24) is 4.90 Å². The molecule has 1 aromatic heterocycles. The summed E-state index contributed by atoms with van der Waals surface area (Å²) >= 11 is 7.30. The molecule has 66 valence electrons. The van der Waals surface area contributed by atoms with E-state index < -0.39 is 0 Å². The standard InChI is InChI=1S/C8H10ClNOS/c1-5-4-12-7(6(5)9)8(11)10(2)3/h4H,1-3H3. The van der Waals surface area contributed by atoms with Crippen molar-refractivity contribution in [2.24, 2.45) is 0 Å². The number of rotatable bonds is 1. The number of nitrogens with zero attached hydrogens (tertiary/aromatic N) is 1. The first-order valence-electron chi connectivity index (χ1n) is 3.49. The summed E-state index contributed by atoms with van der Waals surface area (Å²) < 4.78 is 0. The molecule has 1 aromatic rings. The maximum atomic E-state index is 11.4. The summed E-state index contributed by atoms with van der Waals surface area (Å²) in [7, 11) is 3.43. The van der Waals surface area contributed by atoms with E-state index in [9.17, 15) is 4.79 Å². The Bertz CT molecular complexity index is 306. The Hall–Kier alpha value is -0.540. The molecule has 0 aliphatic heterocycles. The molecule has 0 saturated heterocycles. The van der Waals surface area contributed by atoms with E-state index in [1.807, 2.05) is 12.3 Å².